The van der Waals surface area contributed by atoms with E-state index in [1.807, 2.05) is 0 Å². The summed E-state index contributed by atoms with van der Waals surface area (Å²) in [7, 11) is 1.76. The van der Waals surface area contributed by atoms with Gasteiger partial charge in [0.25, 0.3) is 0 Å². The lowest BCUT2D eigenvalue weighted by Crippen LogP contribution is -1.90. The Hall–Kier alpha value is -0.910. The van der Waals surface area contributed by atoms with Crippen LogP contribution in [0.5, 0.6) is 0 Å². The van der Waals surface area contributed by atoms with Crippen molar-refractivity contribution in [2.75, 3.05) is 0 Å². The summed E-state index contributed by atoms with van der Waals surface area (Å²) in [5, 5.41) is 5.96. The fourth-order valence-corrected chi connectivity index (χ4v) is 2.97. The van der Waals surface area contributed by atoms with Crippen molar-refractivity contribution in [1.29, 1.82) is 0 Å². The summed E-state index contributed by atoms with van der Waals surface area (Å²) in [6.07, 6.45) is 1.77. The van der Waals surface area contributed by atoms with Gasteiger partial charge in [-0.1, -0.05) is 23.2 Å². The monoisotopic (exact) mass is 347 g/mol. The average Bonchev–Trinajstić information content (AvgIpc) is 2.67. The van der Waals surface area contributed by atoms with E-state index < -0.39 is 5.82 Å². The van der Waals surface area contributed by atoms with Crippen LogP contribution >= 0.6 is 39.1 Å². The molecule has 0 aliphatic carbocycles. The third kappa shape index (κ3) is 1.61. The van der Waals surface area contributed by atoms with E-state index in [1.165, 1.54) is 6.07 Å². The van der Waals surface area contributed by atoms with Gasteiger partial charge in [0.1, 0.15) is 16.2 Å². The Balaban J connectivity index is 2.68. The van der Waals surface area contributed by atoms with E-state index in [0.29, 0.717) is 15.9 Å². The van der Waals surface area contributed by atoms with E-state index in [4.69, 9.17) is 23.2 Å². The van der Waals surface area contributed by atoms with Crippen molar-refractivity contribution < 1.29 is 4.39 Å². The molecule has 0 bridgehead atoms. The van der Waals surface area contributed by atoms with Gasteiger partial charge in [-0.05, 0) is 22.0 Å². The van der Waals surface area contributed by atoms with Crippen LogP contribution in [0.1, 0.15) is 0 Å². The average molecular weight is 349 g/mol. The first-order valence-electron chi connectivity index (χ1n) is 4.95. The quantitative estimate of drug-likeness (QED) is 0.566. The second kappa shape index (κ2) is 4.05. The molecule has 0 fully saturated rings. The minimum absolute atomic E-state index is 0.139. The molecule has 0 saturated carbocycles. The van der Waals surface area contributed by atoms with Crippen molar-refractivity contribution in [3.8, 4) is 0 Å². The highest BCUT2D eigenvalue weighted by atomic mass is 79.9. The summed E-state index contributed by atoms with van der Waals surface area (Å²) in [6.45, 7) is 0. The summed E-state index contributed by atoms with van der Waals surface area (Å²) in [5.74, 6) is -0.513. The van der Waals surface area contributed by atoms with Crippen molar-refractivity contribution in [2.24, 2.45) is 7.05 Å². The molecular formula is C11H5BrCl2FN3. The van der Waals surface area contributed by atoms with E-state index in [0.717, 1.165) is 5.39 Å². The molecule has 7 heteroatoms. The van der Waals surface area contributed by atoms with Crippen molar-refractivity contribution >= 4 is 60.9 Å². The van der Waals surface area contributed by atoms with Gasteiger partial charge in [-0.15, -0.1) is 0 Å². The van der Waals surface area contributed by atoms with Crippen LogP contribution in [0.3, 0.4) is 0 Å². The fraction of sp³-hybridized carbons (Fsp3) is 0.0909. The summed E-state index contributed by atoms with van der Waals surface area (Å²) in [5.41, 5.74) is 0.647. The molecule has 0 atom stereocenters. The summed E-state index contributed by atoms with van der Waals surface area (Å²) in [4.78, 5) is 4.00. The number of hydrogen-bond acceptors (Lipinski definition) is 2. The predicted octanol–water partition coefficient (Wildman–Crippen LogP) is 4.33. The normalized spacial score (nSPS) is 11.6. The highest BCUT2D eigenvalue weighted by Gasteiger charge is 2.19. The van der Waals surface area contributed by atoms with Crippen LogP contribution in [0.15, 0.2) is 16.7 Å². The van der Waals surface area contributed by atoms with Crippen LogP contribution in [0.2, 0.25) is 10.2 Å². The van der Waals surface area contributed by atoms with Crippen LogP contribution in [0.4, 0.5) is 4.39 Å². The van der Waals surface area contributed by atoms with E-state index in [1.54, 1.807) is 17.9 Å². The van der Waals surface area contributed by atoms with Gasteiger partial charge in [0.15, 0.2) is 5.82 Å². The van der Waals surface area contributed by atoms with Crippen LogP contribution in [-0.2, 0) is 7.05 Å². The molecule has 1 aromatic carbocycles. The van der Waals surface area contributed by atoms with Crippen molar-refractivity contribution in [2.45, 2.75) is 0 Å². The summed E-state index contributed by atoms with van der Waals surface area (Å²) in [6, 6.07) is 1.49. The summed E-state index contributed by atoms with van der Waals surface area (Å²) < 4.78 is 16.1. The molecule has 3 aromatic rings. The number of aromatic nitrogens is 3. The molecule has 2 heterocycles. The van der Waals surface area contributed by atoms with Crippen molar-refractivity contribution in [1.82, 2.24) is 14.8 Å². The Bertz CT molecular complexity index is 800. The molecule has 18 heavy (non-hydrogen) atoms. The van der Waals surface area contributed by atoms with E-state index >= 15 is 0 Å². The van der Waals surface area contributed by atoms with Gasteiger partial charge < -0.3 is 0 Å². The number of aryl methyl sites for hydroxylation is 1. The molecular weight excluding hydrogens is 344 g/mol. The van der Waals surface area contributed by atoms with Crippen LogP contribution in [-0.4, -0.2) is 14.8 Å². The molecule has 2 aromatic heterocycles. The number of hydrogen-bond donors (Lipinski definition) is 0. The molecule has 0 unspecified atom stereocenters. The minimum atomic E-state index is -0.513. The van der Waals surface area contributed by atoms with E-state index in [2.05, 4.69) is 26.0 Å². The van der Waals surface area contributed by atoms with Crippen LogP contribution in [0, 0.1) is 5.82 Å². The Kier molecular flexibility index (Phi) is 2.73. The Morgan fingerprint density at radius 2 is 2.06 bits per heavy atom. The minimum Gasteiger partial charge on any atom is -0.275 e. The lowest BCUT2D eigenvalue weighted by atomic mass is 10.1. The molecule has 0 N–H and O–H groups in total. The zero-order chi connectivity index (χ0) is 13.0. The van der Waals surface area contributed by atoms with Crippen molar-refractivity contribution in [3.63, 3.8) is 0 Å². The number of nitrogens with zero attached hydrogens (tertiary/aromatic N) is 3. The zero-order valence-electron chi connectivity index (χ0n) is 9.01. The first-order chi connectivity index (χ1) is 8.49. The van der Waals surface area contributed by atoms with Crippen LogP contribution < -0.4 is 0 Å². The lowest BCUT2D eigenvalue weighted by Gasteiger charge is -2.05. The first-order valence-corrected chi connectivity index (χ1v) is 6.50. The Morgan fingerprint density at radius 1 is 1.33 bits per heavy atom. The highest BCUT2D eigenvalue weighted by Crippen LogP contribution is 2.37. The maximum atomic E-state index is 14.2. The second-order valence-electron chi connectivity index (χ2n) is 3.84. The Morgan fingerprint density at radius 3 is 2.78 bits per heavy atom. The number of benzene rings is 1. The third-order valence-corrected chi connectivity index (χ3v) is 3.86. The molecule has 0 radical (unpaired) electrons. The number of pyridine rings is 1. The topological polar surface area (TPSA) is 30.7 Å². The van der Waals surface area contributed by atoms with Gasteiger partial charge in [-0.25, -0.2) is 9.37 Å². The first kappa shape index (κ1) is 12.1. The Labute approximate surface area is 120 Å². The largest absolute Gasteiger partial charge is 0.275 e. The number of halogens is 4. The molecule has 0 aliphatic rings. The highest BCUT2D eigenvalue weighted by molar-refractivity contribution is 9.10. The second-order valence-corrected chi connectivity index (χ2v) is 5.43. The zero-order valence-corrected chi connectivity index (χ0v) is 12.1. The SMILES string of the molecule is Cn1cc2c(n1)c(Br)c(F)c1nc(Cl)cc(Cl)c12. The van der Waals surface area contributed by atoms with Gasteiger partial charge >= 0.3 is 0 Å². The standard InChI is InChI=1S/C11H5BrCl2FN3/c1-18-3-4-7-5(13)2-6(14)16-11(7)9(15)8(12)10(4)17-18/h2-3H,1H3. The van der Waals surface area contributed by atoms with Gasteiger partial charge in [-0.3, -0.25) is 4.68 Å². The smallest absolute Gasteiger partial charge is 0.165 e. The lowest BCUT2D eigenvalue weighted by molar-refractivity contribution is 0.631. The third-order valence-electron chi connectivity index (χ3n) is 2.65. The molecule has 0 spiro atoms. The van der Waals surface area contributed by atoms with Gasteiger partial charge in [0, 0.05) is 24.0 Å². The fourth-order valence-electron chi connectivity index (χ4n) is 1.94. The number of fused-ring (bicyclic) bond motifs is 3. The maximum absolute atomic E-state index is 14.2. The van der Waals surface area contributed by atoms with E-state index in [9.17, 15) is 4.39 Å². The molecule has 0 aliphatic heterocycles. The molecule has 0 saturated heterocycles. The van der Waals surface area contributed by atoms with Gasteiger partial charge in [0.2, 0.25) is 0 Å². The van der Waals surface area contributed by atoms with Gasteiger partial charge in [-0.2, -0.15) is 5.10 Å². The molecule has 3 rings (SSSR count). The predicted molar refractivity (Wildman–Crippen MR) is 73.7 cm³/mol. The van der Waals surface area contributed by atoms with Crippen molar-refractivity contribution in [3.05, 3.63) is 32.7 Å². The number of rotatable bonds is 0. The molecule has 3 nitrogen and oxygen atoms in total. The molecule has 0 amide bonds. The van der Waals surface area contributed by atoms with Crippen LogP contribution in [0.25, 0.3) is 21.8 Å². The maximum Gasteiger partial charge on any atom is 0.165 e. The van der Waals surface area contributed by atoms with Gasteiger partial charge in [0.05, 0.1) is 9.50 Å². The van der Waals surface area contributed by atoms with E-state index in [-0.39, 0.29) is 15.1 Å². The summed E-state index contributed by atoms with van der Waals surface area (Å²) >= 11 is 15.1. The molecule has 92 valence electrons.